The number of hydrogen-bond donors (Lipinski definition) is 1. The Morgan fingerprint density at radius 1 is 1.21 bits per heavy atom. The fourth-order valence-electron chi connectivity index (χ4n) is 2.98. The molecule has 0 amide bonds. The van der Waals surface area contributed by atoms with Crippen molar-refractivity contribution in [3.8, 4) is 0 Å². The number of carboxylic acid groups (broad SMARTS) is 1. The van der Waals surface area contributed by atoms with Crippen LogP contribution in [0.4, 0.5) is 0 Å². The Balaban J connectivity index is 2.16. The molecule has 2 aliphatic rings. The quantitative estimate of drug-likeness (QED) is 0.686. The van der Waals surface area contributed by atoms with Gasteiger partial charge in [0, 0.05) is 0 Å². The Morgan fingerprint density at radius 3 is 2.79 bits per heavy atom. The van der Waals surface area contributed by atoms with Crippen LogP contribution in [0, 0.1) is 5.92 Å². The summed E-state index contributed by atoms with van der Waals surface area (Å²) in [6.45, 7) is 0. The molecule has 2 heteroatoms. The van der Waals surface area contributed by atoms with Crippen LogP contribution in [0.2, 0.25) is 0 Å². The molecule has 0 aliphatic heterocycles. The largest absolute Gasteiger partial charge is 0.481 e. The number of carboxylic acids is 1. The standard InChI is InChI=1S/C12H18O2/c13-12(14)8-10-6-3-5-9-4-1-2-7-11(9)10/h9H,1-8H2,(H,13,14). The molecule has 2 nitrogen and oxygen atoms in total. The van der Waals surface area contributed by atoms with Gasteiger partial charge >= 0.3 is 5.97 Å². The van der Waals surface area contributed by atoms with Gasteiger partial charge in [0.05, 0.1) is 6.42 Å². The summed E-state index contributed by atoms with van der Waals surface area (Å²) in [5, 5.41) is 8.82. The fourth-order valence-corrected chi connectivity index (χ4v) is 2.98. The molecule has 1 saturated carbocycles. The third-order valence-corrected chi connectivity index (χ3v) is 3.59. The highest BCUT2D eigenvalue weighted by molar-refractivity contribution is 5.70. The van der Waals surface area contributed by atoms with Crippen LogP contribution in [0.5, 0.6) is 0 Å². The second kappa shape index (κ2) is 4.16. The Hall–Kier alpha value is -0.790. The summed E-state index contributed by atoms with van der Waals surface area (Å²) in [7, 11) is 0. The van der Waals surface area contributed by atoms with Gasteiger partial charge in [-0.2, -0.15) is 0 Å². The smallest absolute Gasteiger partial charge is 0.307 e. The van der Waals surface area contributed by atoms with Gasteiger partial charge in [0.2, 0.25) is 0 Å². The molecule has 0 saturated heterocycles. The molecule has 0 aromatic carbocycles. The van der Waals surface area contributed by atoms with E-state index in [0.717, 1.165) is 12.3 Å². The van der Waals surface area contributed by atoms with Crippen LogP contribution in [0.15, 0.2) is 11.1 Å². The number of rotatable bonds is 2. The van der Waals surface area contributed by atoms with Gasteiger partial charge < -0.3 is 5.11 Å². The zero-order chi connectivity index (χ0) is 9.97. The summed E-state index contributed by atoms with van der Waals surface area (Å²) in [5.74, 6) is 0.0885. The van der Waals surface area contributed by atoms with Gasteiger partial charge in [-0.05, 0) is 44.4 Å². The summed E-state index contributed by atoms with van der Waals surface area (Å²) >= 11 is 0. The van der Waals surface area contributed by atoms with Crippen molar-refractivity contribution in [2.45, 2.75) is 51.4 Å². The van der Waals surface area contributed by atoms with Crippen LogP contribution in [0.1, 0.15) is 51.4 Å². The van der Waals surface area contributed by atoms with Crippen LogP contribution < -0.4 is 0 Å². The SMILES string of the molecule is O=C(O)CC1=C2CCCCC2CCC1. The van der Waals surface area contributed by atoms with Crippen LogP contribution >= 0.6 is 0 Å². The summed E-state index contributed by atoms with van der Waals surface area (Å²) in [6.07, 6.45) is 8.94. The highest BCUT2D eigenvalue weighted by Crippen LogP contribution is 2.40. The molecule has 0 aromatic rings. The van der Waals surface area contributed by atoms with E-state index in [1.54, 1.807) is 0 Å². The lowest BCUT2D eigenvalue weighted by Gasteiger charge is -2.32. The molecule has 14 heavy (non-hydrogen) atoms. The average Bonchev–Trinajstić information content (AvgIpc) is 2.18. The molecule has 1 fully saturated rings. The van der Waals surface area contributed by atoms with Gasteiger partial charge in [-0.3, -0.25) is 4.79 Å². The second-order valence-electron chi connectivity index (χ2n) is 4.53. The fraction of sp³-hybridized carbons (Fsp3) is 0.750. The minimum Gasteiger partial charge on any atom is -0.481 e. The lowest BCUT2D eigenvalue weighted by Crippen LogP contribution is -2.17. The van der Waals surface area contributed by atoms with Crippen LogP contribution in [-0.2, 0) is 4.79 Å². The Kier molecular flexibility index (Phi) is 2.90. The van der Waals surface area contributed by atoms with E-state index < -0.39 is 5.97 Å². The summed E-state index contributed by atoms with van der Waals surface area (Å²) in [5.41, 5.74) is 2.78. The van der Waals surface area contributed by atoms with E-state index in [9.17, 15) is 4.79 Å². The van der Waals surface area contributed by atoms with Crippen LogP contribution in [0.3, 0.4) is 0 Å². The number of carbonyl (C=O) groups is 1. The molecule has 0 bridgehead atoms. The van der Waals surface area contributed by atoms with E-state index in [0.29, 0.717) is 6.42 Å². The molecule has 0 aromatic heterocycles. The average molecular weight is 194 g/mol. The lowest BCUT2D eigenvalue weighted by atomic mass is 9.74. The molecule has 2 rings (SSSR count). The molecule has 0 radical (unpaired) electrons. The summed E-state index contributed by atoms with van der Waals surface area (Å²) in [6, 6.07) is 0. The van der Waals surface area contributed by atoms with Crippen molar-refractivity contribution in [1.82, 2.24) is 0 Å². The van der Waals surface area contributed by atoms with Crippen molar-refractivity contribution >= 4 is 5.97 Å². The van der Waals surface area contributed by atoms with Crippen molar-refractivity contribution in [3.05, 3.63) is 11.1 Å². The van der Waals surface area contributed by atoms with Gasteiger partial charge in [-0.15, -0.1) is 0 Å². The summed E-state index contributed by atoms with van der Waals surface area (Å²) in [4.78, 5) is 10.7. The number of allylic oxidation sites excluding steroid dienone is 1. The van der Waals surface area contributed by atoms with Gasteiger partial charge in [0.25, 0.3) is 0 Å². The van der Waals surface area contributed by atoms with Gasteiger partial charge in [-0.25, -0.2) is 0 Å². The molecule has 78 valence electrons. The monoisotopic (exact) mass is 194 g/mol. The Morgan fingerprint density at radius 2 is 2.00 bits per heavy atom. The van der Waals surface area contributed by atoms with Crippen molar-refractivity contribution in [1.29, 1.82) is 0 Å². The van der Waals surface area contributed by atoms with E-state index >= 15 is 0 Å². The van der Waals surface area contributed by atoms with Gasteiger partial charge in [0.15, 0.2) is 0 Å². The first-order chi connectivity index (χ1) is 6.77. The van der Waals surface area contributed by atoms with Crippen molar-refractivity contribution in [2.24, 2.45) is 5.92 Å². The Bertz CT molecular complexity index is 265. The summed E-state index contributed by atoms with van der Waals surface area (Å²) < 4.78 is 0. The Labute approximate surface area is 85.0 Å². The molecule has 1 unspecified atom stereocenters. The van der Waals surface area contributed by atoms with Crippen molar-refractivity contribution in [3.63, 3.8) is 0 Å². The minimum absolute atomic E-state index is 0.297. The second-order valence-corrected chi connectivity index (χ2v) is 4.53. The normalized spacial score (nSPS) is 27.3. The van der Waals surface area contributed by atoms with Crippen molar-refractivity contribution < 1.29 is 9.90 Å². The maximum Gasteiger partial charge on any atom is 0.307 e. The molecule has 2 aliphatic carbocycles. The zero-order valence-corrected chi connectivity index (χ0v) is 8.59. The van der Waals surface area contributed by atoms with E-state index in [4.69, 9.17) is 5.11 Å². The third kappa shape index (κ3) is 1.99. The topological polar surface area (TPSA) is 37.3 Å². The highest BCUT2D eigenvalue weighted by Gasteiger charge is 2.25. The molecule has 1 atom stereocenters. The lowest BCUT2D eigenvalue weighted by molar-refractivity contribution is -0.136. The minimum atomic E-state index is -0.654. The zero-order valence-electron chi connectivity index (χ0n) is 8.59. The van der Waals surface area contributed by atoms with E-state index in [2.05, 4.69) is 0 Å². The molecule has 1 N–H and O–H groups in total. The van der Waals surface area contributed by atoms with Gasteiger partial charge in [-0.1, -0.05) is 17.6 Å². The van der Waals surface area contributed by atoms with Crippen LogP contribution in [-0.4, -0.2) is 11.1 Å². The maximum absolute atomic E-state index is 10.7. The highest BCUT2D eigenvalue weighted by atomic mass is 16.4. The van der Waals surface area contributed by atoms with E-state index in [1.807, 2.05) is 0 Å². The number of fused-ring (bicyclic) bond motifs is 1. The van der Waals surface area contributed by atoms with Gasteiger partial charge in [0.1, 0.15) is 0 Å². The predicted molar refractivity (Wildman–Crippen MR) is 55.1 cm³/mol. The molecule has 0 heterocycles. The first kappa shape index (κ1) is 9.75. The number of hydrogen-bond acceptors (Lipinski definition) is 1. The first-order valence-corrected chi connectivity index (χ1v) is 5.70. The molecular formula is C12H18O2. The van der Waals surface area contributed by atoms with Crippen LogP contribution in [0.25, 0.3) is 0 Å². The molecular weight excluding hydrogens is 176 g/mol. The predicted octanol–water partition coefficient (Wildman–Crippen LogP) is 3.13. The molecule has 0 spiro atoms. The third-order valence-electron chi connectivity index (χ3n) is 3.59. The maximum atomic E-state index is 10.7. The van der Waals surface area contributed by atoms with E-state index in [-0.39, 0.29) is 0 Å². The van der Waals surface area contributed by atoms with Crippen molar-refractivity contribution in [2.75, 3.05) is 0 Å². The van der Waals surface area contributed by atoms with E-state index in [1.165, 1.54) is 49.7 Å². The number of aliphatic carboxylic acids is 1. The first-order valence-electron chi connectivity index (χ1n) is 5.70.